The van der Waals surface area contributed by atoms with Gasteiger partial charge in [-0.05, 0) is 25.0 Å². The molecule has 0 bridgehead atoms. The first-order valence-electron chi connectivity index (χ1n) is 6.20. The summed E-state index contributed by atoms with van der Waals surface area (Å²) in [6.07, 6.45) is 2.02. The summed E-state index contributed by atoms with van der Waals surface area (Å²) in [5.41, 5.74) is 2.24. The average Bonchev–Trinajstić information content (AvgIpc) is 2.36. The normalized spacial score (nSPS) is 13.2. The lowest BCUT2D eigenvalue weighted by Gasteiger charge is -2.23. The van der Waals surface area contributed by atoms with Gasteiger partial charge in [0.25, 0.3) is 0 Å². The molecule has 17 heavy (non-hydrogen) atoms. The van der Waals surface area contributed by atoms with Crippen molar-refractivity contribution in [3.63, 3.8) is 0 Å². The average molecular weight is 246 g/mol. The van der Waals surface area contributed by atoms with Crippen molar-refractivity contribution in [1.29, 1.82) is 0 Å². The minimum Gasteiger partial charge on any atom is -0.298 e. The van der Waals surface area contributed by atoms with Crippen LogP contribution in [0.2, 0.25) is 19.1 Å². The number of carbonyl (C=O) groups excluding carboxylic acids is 1. The Kier molecular flexibility index (Phi) is 4.88. The van der Waals surface area contributed by atoms with Crippen LogP contribution < -0.4 is 5.19 Å². The van der Waals surface area contributed by atoms with Crippen LogP contribution in [0.5, 0.6) is 0 Å². The first kappa shape index (κ1) is 13.9. The summed E-state index contributed by atoms with van der Waals surface area (Å²) in [6.45, 7) is 8.83. The van der Waals surface area contributed by atoms with Crippen molar-refractivity contribution in [3.8, 4) is 0 Å². The topological polar surface area (TPSA) is 17.1 Å². The van der Waals surface area contributed by atoms with Crippen LogP contribution in [-0.4, -0.2) is 14.4 Å². The zero-order chi connectivity index (χ0) is 12.9. The summed E-state index contributed by atoms with van der Waals surface area (Å²) in [6, 6.07) is 11.5. The fraction of sp³-hybridized carbons (Fsp3) is 0.400. The van der Waals surface area contributed by atoms with Gasteiger partial charge in [0, 0.05) is 0 Å². The molecule has 0 fully saturated rings. The third-order valence-electron chi connectivity index (χ3n) is 3.41. The van der Waals surface area contributed by atoms with Crippen molar-refractivity contribution in [2.24, 2.45) is 0 Å². The molecule has 0 radical (unpaired) electrons. The number of hydrogen-bond acceptors (Lipinski definition) is 1. The summed E-state index contributed by atoms with van der Waals surface area (Å²) in [4.78, 5) is 11.2. The largest absolute Gasteiger partial charge is 0.298 e. The Labute approximate surface area is 106 Å². The first-order chi connectivity index (χ1) is 8.01. The number of rotatable bonds is 5. The summed E-state index contributed by atoms with van der Waals surface area (Å²) in [5.74, 6) is 0. The Balaban J connectivity index is 2.97. The van der Waals surface area contributed by atoms with Crippen molar-refractivity contribution >= 4 is 19.5 Å². The second kappa shape index (κ2) is 5.96. The molecule has 2 heteroatoms. The van der Waals surface area contributed by atoms with E-state index >= 15 is 0 Å². The number of hydrogen-bond donors (Lipinski definition) is 0. The van der Waals surface area contributed by atoms with E-state index in [9.17, 15) is 4.79 Å². The number of benzene rings is 1. The molecule has 0 aliphatic carbocycles. The lowest BCUT2D eigenvalue weighted by atomic mass is 10.1. The van der Waals surface area contributed by atoms with E-state index in [1.165, 1.54) is 10.8 Å². The van der Waals surface area contributed by atoms with E-state index in [1.54, 1.807) is 0 Å². The molecule has 0 aliphatic rings. The van der Waals surface area contributed by atoms with Crippen LogP contribution in [0.1, 0.15) is 20.3 Å². The Bertz CT molecular complexity index is 404. The molecule has 0 aliphatic heterocycles. The van der Waals surface area contributed by atoms with Crippen LogP contribution in [0.25, 0.3) is 0 Å². The van der Waals surface area contributed by atoms with Crippen molar-refractivity contribution in [2.45, 2.75) is 39.4 Å². The minimum atomic E-state index is -1.53. The molecule has 1 aromatic carbocycles. The highest BCUT2D eigenvalue weighted by molar-refractivity contribution is 6.90. The van der Waals surface area contributed by atoms with E-state index in [0.717, 1.165) is 24.3 Å². The third kappa shape index (κ3) is 3.67. The maximum Gasteiger partial charge on any atom is 0.145 e. The van der Waals surface area contributed by atoms with Crippen LogP contribution in [0.4, 0.5) is 0 Å². The summed E-state index contributed by atoms with van der Waals surface area (Å²) in [7, 11) is -1.53. The molecule has 0 heterocycles. The summed E-state index contributed by atoms with van der Waals surface area (Å²) < 4.78 is 0. The SMILES string of the molecule is CC/C(C)=C(\C=O)C[Si](C)(C)c1ccccc1. The Morgan fingerprint density at radius 3 is 2.29 bits per heavy atom. The van der Waals surface area contributed by atoms with Gasteiger partial charge in [-0.25, -0.2) is 0 Å². The first-order valence-corrected chi connectivity index (χ1v) is 9.41. The standard InChI is InChI=1S/C15H22OSi/c1-5-13(2)14(11-16)12-17(3,4)15-9-7-6-8-10-15/h6-11H,5,12H2,1-4H3/b14-13+. The molecule has 0 aromatic heterocycles. The highest BCUT2D eigenvalue weighted by atomic mass is 28.3. The van der Waals surface area contributed by atoms with Gasteiger partial charge in [-0.3, -0.25) is 4.79 Å². The molecule has 0 unspecified atom stereocenters. The number of allylic oxidation sites excluding steroid dienone is 2. The Hall–Kier alpha value is -1.15. The lowest BCUT2D eigenvalue weighted by Crippen LogP contribution is -2.41. The predicted molar refractivity (Wildman–Crippen MR) is 77.4 cm³/mol. The number of aldehydes is 1. The fourth-order valence-corrected chi connectivity index (χ4v) is 4.62. The van der Waals surface area contributed by atoms with E-state index in [0.29, 0.717) is 0 Å². The fourth-order valence-electron chi connectivity index (χ4n) is 1.99. The van der Waals surface area contributed by atoms with Crippen molar-refractivity contribution in [3.05, 3.63) is 41.5 Å². The molecular weight excluding hydrogens is 224 g/mol. The van der Waals surface area contributed by atoms with Gasteiger partial charge in [0.15, 0.2) is 0 Å². The van der Waals surface area contributed by atoms with Gasteiger partial charge in [-0.1, -0.05) is 61.1 Å². The highest BCUT2D eigenvalue weighted by Gasteiger charge is 2.24. The second-order valence-electron chi connectivity index (χ2n) is 5.20. The van der Waals surface area contributed by atoms with Crippen molar-refractivity contribution in [1.82, 2.24) is 0 Å². The Morgan fingerprint density at radius 1 is 1.24 bits per heavy atom. The number of carbonyl (C=O) groups is 1. The molecule has 0 spiro atoms. The van der Waals surface area contributed by atoms with Gasteiger partial charge in [-0.2, -0.15) is 0 Å². The van der Waals surface area contributed by atoms with E-state index in [2.05, 4.69) is 51.2 Å². The lowest BCUT2D eigenvalue weighted by molar-refractivity contribution is -0.104. The van der Waals surface area contributed by atoms with E-state index in [1.807, 2.05) is 6.07 Å². The van der Waals surface area contributed by atoms with Crippen LogP contribution in [0.3, 0.4) is 0 Å². The van der Waals surface area contributed by atoms with E-state index < -0.39 is 8.07 Å². The zero-order valence-electron chi connectivity index (χ0n) is 11.3. The van der Waals surface area contributed by atoms with Gasteiger partial charge in [0.2, 0.25) is 0 Å². The molecule has 92 valence electrons. The van der Waals surface area contributed by atoms with Crippen molar-refractivity contribution < 1.29 is 4.79 Å². The van der Waals surface area contributed by atoms with Gasteiger partial charge in [0.1, 0.15) is 6.29 Å². The minimum absolute atomic E-state index is 0.945. The van der Waals surface area contributed by atoms with Crippen molar-refractivity contribution in [2.75, 3.05) is 0 Å². The molecule has 0 saturated heterocycles. The van der Waals surface area contributed by atoms with E-state index in [-0.39, 0.29) is 0 Å². The maximum atomic E-state index is 11.2. The van der Waals surface area contributed by atoms with Gasteiger partial charge in [0.05, 0.1) is 8.07 Å². The Morgan fingerprint density at radius 2 is 1.82 bits per heavy atom. The molecule has 0 N–H and O–H groups in total. The van der Waals surface area contributed by atoms with Crippen LogP contribution in [0, 0.1) is 0 Å². The van der Waals surface area contributed by atoms with Crippen LogP contribution in [-0.2, 0) is 4.79 Å². The summed E-state index contributed by atoms with van der Waals surface area (Å²) in [5, 5.41) is 1.42. The van der Waals surface area contributed by atoms with Gasteiger partial charge >= 0.3 is 0 Å². The highest BCUT2D eigenvalue weighted by Crippen LogP contribution is 2.19. The third-order valence-corrected chi connectivity index (χ3v) is 6.57. The zero-order valence-corrected chi connectivity index (χ0v) is 12.3. The second-order valence-corrected chi connectivity index (χ2v) is 9.90. The van der Waals surface area contributed by atoms with Crippen LogP contribution in [0.15, 0.2) is 41.5 Å². The summed E-state index contributed by atoms with van der Waals surface area (Å²) >= 11 is 0. The molecule has 0 saturated carbocycles. The monoisotopic (exact) mass is 246 g/mol. The van der Waals surface area contributed by atoms with E-state index in [4.69, 9.17) is 0 Å². The van der Waals surface area contributed by atoms with Gasteiger partial charge < -0.3 is 0 Å². The quantitative estimate of drug-likeness (QED) is 0.441. The maximum absolute atomic E-state index is 11.2. The molecule has 0 amide bonds. The molecule has 1 nitrogen and oxygen atoms in total. The molecule has 1 aromatic rings. The molecular formula is C15H22OSi. The van der Waals surface area contributed by atoms with Crippen LogP contribution >= 0.6 is 0 Å². The molecule has 1 rings (SSSR count). The smallest absolute Gasteiger partial charge is 0.145 e. The predicted octanol–water partition coefficient (Wildman–Crippen LogP) is 3.53. The molecule has 0 atom stereocenters. The van der Waals surface area contributed by atoms with Gasteiger partial charge in [-0.15, -0.1) is 0 Å².